The lowest BCUT2D eigenvalue weighted by molar-refractivity contribution is -0.217. The molecule has 4 aliphatic rings. The van der Waals surface area contributed by atoms with E-state index >= 15 is 0 Å². The highest BCUT2D eigenvalue weighted by Crippen LogP contribution is 2.73. The second-order valence-electron chi connectivity index (χ2n) is 9.60. The van der Waals surface area contributed by atoms with E-state index in [1.165, 1.54) is 32.1 Å². The first-order valence-electron chi connectivity index (χ1n) is 10.6. The lowest BCUT2D eigenvalue weighted by atomic mass is 9.52. The van der Waals surface area contributed by atoms with E-state index in [9.17, 15) is 0 Å². The van der Waals surface area contributed by atoms with Crippen LogP contribution in [0.5, 0.6) is 0 Å². The minimum atomic E-state index is 0.0645. The number of rotatable bonds is 5. The van der Waals surface area contributed by atoms with Gasteiger partial charge < -0.3 is 9.26 Å². The molecular weight excluding hydrogens is 393 g/mol. The maximum atomic E-state index is 6.80. The molecule has 0 aliphatic heterocycles. The molecule has 0 radical (unpaired) electrons. The van der Waals surface area contributed by atoms with Crippen LogP contribution in [0.25, 0.3) is 11.3 Å². The Morgan fingerprint density at radius 2 is 1.96 bits per heavy atom. The standard InChI is InChI=1S/C23H25Cl2NO2/c1-13-9-14-10-22(13)7-8-23(22,11-14)27-12-16-20(26-28-21(16)15-5-6-15)19-17(24)3-2-4-18(19)25/h2-4,13-15H,5-12H2,1H3. The topological polar surface area (TPSA) is 35.3 Å². The van der Waals surface area contributed by atoms with Gasteiger partial charge in [0.2, 0.25) is 0 Å². The van der Waals surface area contributed by atoms with Gasteiger partial charge in [-0.1, -0.05) is 41.3 Å². The third-order valence-electron chi connectivity index (χ3n) is 8.24. The maximum absolute atomic E-state index is 6.80. The molecule has 2 aromatic rings. The average Bonchev–Trinajstić information content (AvgIpc) is 3.27. The van der Waals surface area contributed by atoms with Gasteiger partial charge in [-0.25, -0.2) is 0 Å². The van der Waals surface area contributed by atoms with Crippen molar-refractivity contribution in [2.24, 2.45) is 17.3 Å². The number of benzene rings is 1. The maximum Gasteiger partial charge on any atom is 0.145 e. The Morgan fingerprint density at radius 3 is 2.61 bits per heavy atom. The van der Waals surface area contributed by atoms with Gasteiger partial charge in [0.1, 0.15) is 11.5 Å². The molecule has 4 unspecified atom stereocenters. The Balaban J connectivity index is 1.36. The number of ether oxygens (including phenoxy) is 1. The third-order valence-corrected chi connectivity index (χ3v) is 8.87. The molecule has 4 aliphatic carbocycles. The van der Waals surface area contributed by atoms with E-state index in [1.54, 1.807) is 0 Å². The SMILES string of the molecule is CC1CC2CC3(OCc4c(-c5c(Cl)cccc5Cl)noc4C4CC4)CCC13C2. The van der Waals surface area contributed by atoms with Crippen LogP contribution < -0.4 is 0 Å². The second kappa shape index (κ2) is 6.00. The molecule has 4 saturated carbocycles. The monoisotopic (exact) mass is 417 g/mol. The molecule has 28 heavy (non-hydrogen) atoms. The molecule has 2 bridgehead atoms. The summed E-state index contributed by atoms with van der Waals surface area (Å²) in [6.45, 7) is 2.98. The molecule has 1 spiro atoms. The molecule has 0 amide bonds. The molecule has 3 nitrogen and oxygen atoms in total. The number of hydrogen-bond acceptors (Lipinski definition) is 3. The number of aromatic nitrogens is 1. The van der Waals surface area contributed by atoms with Crippen molar-refractivity contribution in [1.29, 1.82) is 0 Å². The Hall–Kier alpha value is -1.03. The van der Waals surface area contributed by atoms with Crippen molar-refractivity contribution in [2.75, 3.05) is 0 Å². The quantitative estimate of drug-likeness (QED) is 0.524. The second-order valence-corrected chi connectivity index (χ2v) is 10.4. The van der Waals surface area contributed by atoms with Gasteiger partial charge in [0.25, 0.3) is 0 Å². The Kier molecular flexibility index (Phi) is 3.81. The van der Waals surface area contributed by atoms with Crippen LogP contribution in [-0.4, -0.2) is 10.8 Å². The summed E-state index contributed by atoms with van der Waals surface area (Å²) < 4.78 is 12.6. The van der Waals surface area contributed by atoms with Crippen LogP contribution in [0.3, 0.4) is 0 Å². The number of nitrogens with zero attached hydrogens (tertiary/aromatic N) is 1. The zero-order valence-electron chi connectivity index (χ0n) is 16.1. The minimum absolute atomic E-state index is 0.0645. The lowest BCUT2D eigenvalue weighted by Gasteiger charge is -2.58. The van der Waals surface area contributed by atoms with Gasteiger partial charge in [0, 0.05) is 22.5 Å². The van der Waals surface area contributed by atoms with Gasteiger partial charge in [-0.2, -0.15) is 0 Å². The van der Waals surface area contributed by atoms with Crippen LogP contribution in [0, 0.1) is 17.3 Å². The molecule has 0 saturated heterocycles. The van der Waals surface area contributed by atoms with Crippen molar-refractivity contribution in [1.82, 2.24) is 5.16 Å². The van der Waals surface area contributed by atoms with E-state index < -0.39 is 0 Å². The zero-order valence-corrected chi connectivity index (χ0v) is 17.7. The van der Waals surface area contributed by atoms with Crippen molar-refractivity contribution < 1.29 is 9.26 Å². The Labute approximate surface area is 175 Å². The summed E-state index contributed by atoms with van der Waals surface area (Å²) in [4.78, 5) is 0. The number of fused-ring (bicyclic) bond motifs is 1. The largest absolute Gasteiger partial charge is 0.370 e. The van der Waals surface area contributed by atoms with Gasteiger partial charge in [-0.15, -0.1) is 0 Å². The van der Waals surface area contributed by atoms with E-state index in [0.717, 1.165) is 47.3 Å². The molecule has 4 atom stereocenters. The fourth-order valence-corrected chi connectivity index (χ4v) is 7.27. The van der Waals surface area contributed by atoms with Crippen molar-refractivity contribution in [3.05, 3.63) is 39.6 Å². The smallest absolute Gasteiger partial charge is 0.145 e. The van der Waals surface area contributed by atoms with Gasteiger partial charge in [0.15, 0.2) is 0 Å². The highest BCUT2D eigenvalue weighted by atomic mass is 35.5. The fraction of sp³-hybridized carbons (Fsp3) is 0.609. The van der Waals surface area contributed by atoms with Gasteiger partial charge in [-0.05, 0) is 68.9 Å². The van der Waals surface area contributed by atoms with Crippen molar-refractivity contribution in [3.8, 4) is 11.3 Å². The van der Waals surface area contributed by atoms with Crippen molar-refractivity contribution in [3.63, 3.8) is 0 Å². The van der Waals surface area contributed by atoms with Crippen LogP contribution in [-0.2, 0) is 11.3 Å². The molecule has 148 valence electrons. The molecule has 5 heteroatoms. The fourth-order valence-electron chi connectivity index (χ4n) is 6.69. The average molecular weight is 418 g/mol. The number of hydrogen-bond donors (Lipinski definition) is 0. The van der Waals surface area contributed by atoms with E-state index in [2.05, 4.69) is 12.1 Å². The first-order chi connectivity index (χ1) is 13.5. The molecule has 1 heterocycles. The Bertz CT molecular complexity index is 932. The van der Waals surface area contributed by atoms with E-state index in [1.807, 2.05) is 18.2 Å². The van der Waals surface area contributed by atoms with Gasteiger partial charge in [-0.3, -0.25) is 0 Å². The van der Waals surface area contributed by atoms with Crippen LogP contribution in [0.15, 0.2) is 22.7 Å². The van der Waals surface area contributed by atoms with E-state index in [4.69, 9.17) is 32.5 Å². The van der Waals surface area contributed by atoms with Gasteiger partial charge >= 0.3 is 0 Å². The normalized spacial score (nSPS) is 35.8. The molecule has 0 N–H and O–H groups in total. The first-order valence-corrected chi connectivity index (χ1v) is 11.4. The summed E-state index contributed by atoms with van der Waals surface area (Å²) >= 11 is 13.0. The highest BCUT2D eigenvalue weighted by Gasteiger charge is 2.70. The first kappa shape index (κ1) is 17.8. The molecule has 6 rings (SSSR count). The molecular formula is C23H25Cl2NO2. The third kappa shape index (κ3) is 2.30. The van der Waals surface area contributed by atoms with Gasteiger partial charge in [0.05, 0.1) is 22.3 Å². The van der Waals surface area contributed by atoms with E-state index in [0.29, 0.717) is 28.0 Å². The zero-order chi connectivity index (χ0) is 19.1. The van der Waals surface area contributed by atoms with Crippen LogP contribution in [0.2, 0.25) is 10.0 Å². The van der Waals surface area contributed by atoms with Crippen LogP contribution >= 0.6 is 23.2 Å². The minimum Gasteiger partial charge on any atom is -0.370 e. The summed E-state index contributed by atoms with van der Waals surface area (Å²) in [5.41, 5.74) is 3.07. The van der Waals surface area contributed by atoms with Crippen molar-refractivity contribution in [2.45, 2.75) is 70.0 Å². The Morgan fingerprint density at radius 1 is 1.18 bits per heavy atom. The predicted molar refractivity (Wildman–Crippen MR) is 110 cm³/mol. The summed E-state index contributed by atoms with van der Waals surface area (Å²) in [5, 5.41) is 5.63. The van der Waals surface area contributed by atoms with Crippen LogP contribution in [0.1, 0.15) is 69.1 Å². The summed E-state index contributed by atoms with van der Waals surface area (Å²) in [6.07, 6.45) is 8.80. The number of halogens is 2. The predicted octanol–water partition coefficient (Wildman–Crippen LogP) is 7.01. The highest BCUT2D eigenvalue weighted by molar-refractivity contribution is 6.39. The summed E-state index contributed by atoms with van der Waals surface area (Å²) in [6, 6.07) is 5.58. The molecule has 1 aromatic heterocycles. The van der Waals surface area contributed by atoms with E-state index in [-0.39, 0.29) is 5.60 Å². The van der Waals surface area contributed by atoms with Crippen LogP contribution in [0.4, 0.5) is 0 Å². The summed E-state index contributed by atoms with van der Waals surface area (Å²) in [7, 11) is 0. The van der Waals surface area contributed by atoms with Crippen molar-refractivity contribution >= 4 is 23.2 Å². The molecule has 4 fully saturated rings. The summed E-state index contributed by atoms with van der Waals surface area (Å²) in [5.74, 6) is 3.07. The molecule has 1 aromatic carbocycles. The lowest BCUT2D eigenvalue weighted by Crippen LogP contribution is -2.58.